The number of hydrogen-bond acceptors (Lipinski definition) is 4. The van der Waals surface area contributed by atoms with Gasteiger partial charge in [0.05, 0.1) is 11.7 Å². The van der Waals surface area contributed by atoms with Crippen LogP contribution in [0.25, 0.3) is 0 Å². The lowest BCUT2D eigenvalue weighted by Crippen LogP contribution is -2.70. The highest BCUT2D eigenvalue weighted by Gasteiger charge is 2.84. The van der Waals surface area contributed by atoms with Crippen molar-refractivity contribution in [1.82, 2.24) is 4.90 Å². The highest BCUT2D eigenvalue weighted by atomic mass is 16.5. The summed E-state index contributed by atoms with van der Waals surface area (Å²) < 4.78 is 6.26. The van der Waals surface area contributed by atoms with Crippen LogP contribution >= 0.6 is 0 Å². The summed E-state index contributed by atoms with van der Waals surface area (Å²) in [5.74, 6) is 1.07. The van der Waals surface area contributed by atoms with Crippen molar-refractivity contribution in [2.24, 2.45) is 52.1 Å². The van der Waals surface area contributed by atoms with E-state index in [1.165, 1.54) is 0 Å². The monoisotopic (exact) mass is 386 g/mol. The molecule has 0 aromatic heterocycles. The average molecular weight is 387 g/mol. The van der Waals surface area contributed by atoms with Crippen molar-refractivity contribution in [3.05, 3.63) is 12.7 Å². The molecule has 5 saturated carbocycles. The van der Waals surface area contributed by atoms with E-state index < -0.39 is 5.60 Å². The normalized spacial score (nSPS) is 60.8. The molecule has 28 heavy (non-hydrogen) atoms. The Hall–Kier alpha value is -0.910. The molecule has 8 unspecified atom stereocenters. The van der Waals surface area contributed by atoms with E-state index in [2.05, 4.69) is 24.5 Å². The molecule has 0 radical (unpaired) electrons. The minimum Gasteiger partial charge on any atom is -0.389 e. The second-order valence-electron chi connectivity index (χ2n) is 10.9. The van der Waals surface area contributed by atoms with Crippen LogP contribution in [0.2, 0.25) is 0 Å². The molecule has 0 aromatic carbocycles. The van der Waals surface area contributed by atoms with Crippen molar-refractivity contribution < 1.29 is 14.6 Å². The molecule has 6 fully saturated rings. The van der Waals surface area contributed by atoms with Gasteiger partial charge in [-0.25, -0.2) is 0 Å². The molecule has 11 atom stereocenters. The highest BCUT2D eigenvalue weighted by molar-refractivity contribution is 5.78. The van der Waals surface area contributed by atoms with Gasteiger partial charge in [-0.2, -0.15) is 0 Å². The zero-order valence-electron chi connectivity index (χ0n) is 17.1. The molecular weight excluding hydrogens is 352 g/mol. The number of likely N-dealkylation sites (tertiary alicyclic amines) is 1. The number of rotatable bonds is 4. The maximum absolute atomic E-state index is 12.5. The third-order valence-electron chi connectivity index (χ3n) is 10.8. The summed E-state index contributed by atoms with van der Waals surface area (Å²) in [6.45, 7) is 8.58. The molecule has 5 nitrogen and oxygen atoms in total. The predicted octanol–water partition coefficient (Wildman–Crippen LogP) is 1.80. The van der Waals surface area contributed by atoms with E-state index in [0.717, 1.165) is 45.2 Å². The Morgan fingerprint density at radius 3 is 2.82 bits per heavy atom. The van der Waals surface area contributed by atoms with Gasteiger partial charge in [0, 0.05) is 48.3 Å². The Morgan fingerprint density at radius 1 is 1.39 bits per heavy atom. The van der Waals surface area contributed by atoms with Crippen molar-refractivity contribution in [2.45, 2.75) is 56.8 Å². The average Bonchev–Trinajstić information content (AvgIpc) is 3.21. The molecule has 5 heteroatoms. The number of nitrogens with two attached hydrogens (primary N) is 1. The first-order chi connectivity index (χ1) is 13.4. The number of carbonyl (C=O) groups is 1. The molecular formula is C23H34N2O3. The van der Waals surface area contributed by atoms with Gasteiger partial charge in [-0.15, -0.1) is 6.58 Å². The quantitative estimate of drug-likeness (QED) is 0.723. The summed E-state index contributed by atoms with van der Waals surface area (Å²) in [4.78, 5) is 15.2. The lowest BCUT2D eigenvalue weighted by molar-refractivity contribution is -0.216. The third-order valence-corrected chi connectivity index (χ3v) is 10.8. The number of ether oxygens (including phenoxy) is 1. The molecule has 1 amide bonds. The van der Waals surface area contributed by atoms with Gasteiger partial charge in [-0.3, -0.25) is 9.69 Å². The van der Waals surface area contributed by atoms with E-state index in [4.69, 9.17) is 10.5 Å². The summed E-state index contributed by atoms with van der Waals surface area (Å²) in [5.41, 5.74) is 5.29. The zero-order chi connectivity index (χ0) is 19.6. The number of amides is 1. The van der Waals surface area contributed by atoms with Gasteiger partial charge in [0.25, 0.3) is 0 Å². The fourth-order valence-corrected chi connectivity index (χ4v) is 10.3. The summed E-state index contributed by atoms with van der Waals surface area (Å²) in [6.07, 6.45) is 7.29. The van der Waals surface area contributed by atoms with E-state index >= 15 is 0 Å². The first kappa shape index (κ1) is 17.9. The number of piperidine rings is 1. The standard InChI is InChI=1S/C23H34N2O3/c1-4-21-10-16(28-3)23-13-8-12-6-7-22(27,18(13)17(12)20(24)26)14(9-15(21)23)19(23)25(5-2)11-21/h4,12-19,27H,1,5-11H2,2-3H3,(H2,24,26)/t12?,13?,14?,15?,16-,17?,18?,19?,21+,22-,23?/m0/s1. The van der Waals surface area contributed by atoms with Gasteiger partial charge in [-0.05, 0) is 56.4 Å². The molecule has 5 aliphatic carbocycles. The number of nitrogens with zero attached hydrogens (tertiary/aromatic N) is 1. The van der Waals surface area contributed by atoms with E-state index in [0.29, 0.717) is 23.8 Å². The van der Waals surface area contributed by atoms with Gasteiger partial charge in [0.2, 0.25) is 5.91 Å². The van der Waals surface area contributed by atoms with Crippen LogP contribution in [0.15, 0.2) is 12.7 Å². The smallest absolute Gasteiger partial charge is 0.221 e. The molecule has 1 spiro atoms. The fraction of sp³-hybridized carbons (Fsp3) is 0.870. The first-order valence-electron chi connectivity index (χ1n) is 11.3. The molecule has 154 valence electrons. The number of primary amides is 1. The molecule has 1 saturated heterocycles. The fourth-order valence-electron chi connectivity index (χ4n) is 10.3. The van der Waals surface area contributed by atoms with Gasteiger partial charge in [0.1, 0.15) is 0 Å². The van der Waals surface area contributed by atoms with E-state index in [-0.39, 0.29) is 40.6 Å². The predicted molar refractivity (Wildman–Crippen MR) is 105 cm³/mol. The summed E-state index contributed by atoms with van der Waals surface area (Å²) in [5, 5.41) is 12.2. The number of hydrogen-bond donors (Lipinski definition) is 2. The van der Waals surface area contributed by atoms with Gasteiger partial charge >= 0.3 is 0 Å². The van der Waals surface area contributed by atoms with Crippen LogP contribution in [-0.4, -0.2) is 53.9 Å². The van der Waals surface area contributed by atoms with Crippen LogP contribution in [0.4, 0.5) is 0 Å². The molecule has 3 N–H and O–H groups in total. The SMILES string of the molecule is C=C[C@]12C[C@H](OC)C34C5CC6CC[C@](O)(C(CC31)C4N(CC)C2)C5C6C(N)=O. The Labute approximate surface area is 167 Å². The van der Waals surface area contributed by atoms with Crippen molar-refractivity contribution in [2.75, 3.05) is 20.2 Å². The van der Waals surface area contributed by atoms with E-state index in [1.807, 2.05) is 7.11 Å². The Morgan fingerprint density at radius 2 is 2.18 bits per heavy atom. The van der Waals surface area contributed by atoms with Crippen LogP contribution in [0.1, 0.15) is 39.0 Å². The summed E-state index contributed by atoms with van der Waals surface area (Å²) in [7, 11) is 1.87. The minimum absolute atomic E-state index is 0.0186. The minimum atomic E-state index is -0.749. The number of methoxy groups -OCH3 is 1. The van der Waals surface area contributed by atoms with Gasteiger partial charge in [-0.1, -0.05) is 13.0 Å². The second-order valence-corrected chi connectivity index (χ2v) is 10.9. The Balaban J connectivity index is 1.61. The number of aliphatic hydroxyl groups is 1. The largest absolute Gasteiger partial charge is 0.389 e. The molecule has 6 aliphatic rings. The lowest BCUT2D eigenvalue weighted by Gasteiger charge is -2.63. The molecule has 6 rings (SSSR count). The topological polar surface area (TPSA) is 75.8 Å². The van der Waals surface area contributed by atoms with Gasteiger partial charge in [0.15, 0.2) is 0 Å². The maximum atomic E-state index is 12.5. The van der Waals surface area contributed by atoms with Crippen LogP contribution in [0.5, 0.6) is 0 Å². The van der Waals surface area contributed by atoms with Crippen molar-refractivity contribution in [1.29, 1.82) is 0 Å². The van der Waals surface area contributed by atoms with E-state index in [1.54, 1.807) is 0 Å². The second kappa shape index (κ2) is 5.22. The van der Waals surface area contributed by atoms with E-state index in [9.17, 15) is 9.90 Å². The van der Waals surface area contributed by atoms with Crippen LogP contribution in [0, 0.1) is 46.3 Å². The van der Waals surface area contributed by atoms with Crippen LogP contribution in [-0.2, 0) is 9.53 Å². The first-order valence-corrected chi connectivity index (χ1v) is 11.3. The number of carbonyl (C=O) groups excluding carboxylic acids is 1. The van der Waals surface area contributed by atoms with Crippen LogP contribution < -0.4 is 5.73 Å². The van der Waals surface area contributed by atoms with Crippen molar-refractivity contribution in [3.63, 3.8) is 0 Å². The molecule has 7 bridgehead atoms. The lowest BCUT2D eigenvalue weighted by atomic mass is 9.49. The van der Waals surface area contributed by atoms with Crippen LogP contribution in [0.3, 0.4) is 0 Å². The Bertz CT molecular complexity index is 756. The highest BCUT2D eigenvalue weighted by Crippen LogP contribution is 2.81. The van der Waals surface area contributed by atoms with Crippen molar-refractivity contribution in [3.8, 4) is 0 Å². The molecule has 1 heterocycles. The molecule has 0 aromatic rings. The van der Waals surface area contributed by atoms with Gasteiger partial charge < -0.3 is 15.6 Å². The summed E-state index contributed by atoms with van der Waals surface area (Å²) in [6, 6.07) is 0.361. The summed E-state index contributed by atoms with van der Waals surface area (Å²) >= 11 is 0. The zero-order valence-corrected chi connectivity index (χ0v) is 17.1. The maximum Gasteiger partial charge on any atom is 0.221 e. The third kappa shape index (κ3) is 1.58. The number of fused-ring (bicyclic) bond motifs is 2. The Kier molecular flexibility index (Phi) is 3.34. The molecule has 1 aliphatic heterocycles. The van der Waals surface area contributed by atoms with Crippen molar-refractivity contribution >= 4 is 5.91 Å².